The van der Waals surface area contributed by atoms with E-state index in [0.717, 1.165) is 36.2 Å². The second-order valence-corrected chi connectivity index (χ2v) is 7.32. The Morgan fingerprint density at radius 3 is 2.80 bits per heavy atom. The summed E-state index contributed by atoms with van der Waals surface area (Å²) in [5.74, 6) is 0.372. The zero-order valence-corrected chi connectivity index (χ0v) is 17.5. The Morgan fingerprint density at radius 1 is 1.20 bits per heavy atom. The second kappa shape index (κ2) is 10.7. The molecule has 0 saturated carbocycles. The van der Waals surface area contributed by atoms with E-state index >= 15 is 0 Å². The molecule has 1 aliphatic heterocycles. The molecule has 1 amide bonds. The number of guanidine groups is 1. The number of anilines is 1. The first-order valence-corrected chi connectivity index (χ1v) is 10.3. The molecular weight excluding hydrogens is 383 g/mol. The van der Waals surface area contributed by atoms with E-state index in [-0.39, 0.29) is 17.8 Å². The average molecular weight is 413 g/mol. The summed E-state index contributed by atoms with van der Waals surface area (Å²) in [5.41, 5.74) is 3.33. The number of hydrogen-bond acceptors (Lipinski definition) is 3. The third-order valence-corrected chi connectivity index (χ3v) is 4.86. The van der Waals surface area contributed by atoms with Crippen molar-refractivity contribution in [2.45, 2.75) is 45.9 Å². The van der Waals surface area contributed by atoms with Gasteiger partial charge in [-0.15, -0.1) is 0 Å². The van der Waals surface area contributed by atoms with Crippen LogP contribution in [0.2, 0.25) is 0 Å². The molecule has 1 saturated heterocycles. The second-order valence-electron chi connectivity index (χ2n) is 7.32. The zero-order valence-electron chi connectivity index (χ0n) is 17.5. The molecule has 30 heavy (non-hydrogen) atoms. The number of rotatable bonds is 7. The highest BCUT2D eigenvalue weighted by Crippen LogP contribution is 2.16. The molecule has 1 heterocycles. The van der Waals surface area contributed by atoms with Crippen LogP contribution in [-0.2, 0) is 22.6 Å². The van der Waals surface area contributed by atoms with Gasteiger partial charge >= 0.3 is 0 Å². The van der Waals surface area contributed by atoms with Gasteiger partial charge < -0.3 is 20.7 Å². The van der Waals surface area contributed by atoms with Crippen molar-refractivity contribution in [3.05, 3.63) is 65.0 Å². The predicted octanol–water partition coefficient (Wildman–Crippen LogP) is 3.51. The van der Waals surface area contributed by atoms with Crippen LogP contribution in [0.15, 0.2) is 47.5 Å². The lowest BCUT2D eigenvalue weighted by molar-refractivity contribution is -0.124. The van der Waals surface area contributed by atoms with Crippen LogP contribution in [0, 0.1) is 12.7 Å². The first-order valence-electron chi connectivity index (χ1n) is 10.3. The SMILES string of the molecule is CCNC(=NCc1cccc(NC(=O)C2CCCO2)c1)NCc1ccc(F)c(C)c1. The number of hydrogen-bond donors (Lipinski definition) is 3. The predicted molar refractivity (Wildman–Crippen MR) is 117 cm³/mol. The molecule has 2 aromatic rings. The number of halogens is 1. The van der Waals surface area contributed by atoms with E-state index < -0.39 is 0 Å². The minimum atomic E-state index is -0.355. The molecule has 0 radical (unpaired) electrons. The van der Waals surface area contributed by atoms with Crippen molar-refractivity contribution < 1.29 is 13.9 Å². The Hall–Kier alpha value is -2.93. The molecule has 0 aliphatic carbocycles. The van der Waals surface area contributed by atoms with Crippen LogP contribution in [0.25, 0.3) is 0 Å². The fraction of sp³-hybridized carbons (Fsp3) is 0.391. The quantitative estimate of drug-likeness (QED) is 0.481. The summed E-state index contributed by atoms with van der Waals surface area (Å²) in [4.78, 5) is 16.9. The minimum Gasteiger partial charge on any atom is -0.368 e. The number of carbonyl (C=O) groups excluding carboxylic acids is 1. The molecule has 0 aromatic heterocycles. The first kappa shape index (κ1) is 21.8. The molecule has 6 nitrogen and oxygen atoms in total. The summed E-state index contributed by atoms with van der Waals surface area (Å²) in [6, 6.07) is 12.7. The van der Waals surface area contributed by atoms with Gasteiger partial charge in [0.2, 0.25) is 0 Å². The minimum absolute atomic E-state index is 0.0993. The maximum absolute atomic E-state index is 13.4. The van der Waals surface area contributed by atoms with Gasteiger partial charge in [-0.2, -0.15) is 0 Å². The molecule has 7 heteroatoms. The summed E-state index contributed by atoms with van der Waals surface area (Å²) in [7, 11) is 0. The molecule has 3 N–H and O–H groups in total. The Labute approximate surface area is 176 Å². The normalized spacial score (nSPS) is 16.4. The molecule has 0 spiro atoms. The number of amides is 1. The van der Waals surface area contributed by atoms with Crippen molar-refractivity contribution in [2.24, 2.45) is 4.99 Å². The fourth-order valence-corrected chi connectivity index (χ4v) is 3.27. The van der Waals surface area contributed by atoms with Gasteiger partial charge in [-0.05, 0) is 61.6 Å². The molecule has 1 atom stereocenters. The first-order chi connectivity index (χ1) is 14.5. The summed E-state index contributed by atoms with van der Waals surface area (Å²) in [6.07, 6.45) is 1.33. The number of ether oxygens (including phenoxy) is 1. The molecule has 160 valence electrons. The third kappa shape index (κ3) is 6.29. The van der Waals surface area contributed by atoms with Gasteiger partial charge in [0, 0.05) is 25.4 Å². The lowest BCUT2D eigenvalue weighted by Crippen LogP contribution is -2.36. The molecule has 0 bridgehead atoms. The van der Waals surface area contributed by atoms with E-state index in [4.69, 9.17) is 4.74 Å². The number of aryl methyl sites for hydroxylation is 1. The summed E-state index contributed by atoms with van der Waals surface area (Å²) in [5, 5.41) is 9.40. The van der Waals surface area contributed by atoms with Crippen molar-refractivity contribution in [2.75, 3.05) is 18.5 Å². The Kier molecular flexibility index (Phi) is 7.79. The van der Waals surface area contributed by atoms with Crippen LogP contribution >= 0.6 is 0 Å². The third-order valence-electron chi connectivity index (χ3n) is 4.86. The monoisotopic (exact) mass is 412 g/mol. The number of carbonyl (C=O) groups is 1. The van der Waals surface area contributed by atoms with Crippen LogP contribution < -0.4 is 16.0 Å². The summed E-state index contributed by atoms with van der Waals surface area (Å²) >= 11 is 0. The van der Waals surface area contributed by atoms with Crippen molar-refractivity contribution >= 4 is 17.6 Å². The number of benzene rings is 2. The van der Waals surface area contributed by atoms with E-state index in [0.29, 0.717) is 31.2 Å². The van der Waals surface area contributed by atoms with Gasteiger partial charge in [0.1, 0.15) is 11.9 Å². The zero-order chi connectivity index (χ0) is 21.3. The number of nitrogens with one attached hydrogen (secondary N) is 3. The van der Waals surface area contributed by atoms with Crippen molar-refractivity contribution in [3.8, 4) is 0 Å². The van der Waals surface area contributed by atoms with Gasteiger partial charge in [0.05, 0.1) is 6.54 Å². The molecule has 3 rings (SSSR count). The van der Waals surface area contributed by atoms with Crippen LogP contribution in [0.4, 0.5) is 10.1 Å². The Morgan fingerprint density at radius 2 is 2.07 bits per heavy atom. The van der Waals surface area contributed by atoms with E-state index in [9.17, 15) is 9.18 Å². The van der Waals surface area contributed by atoms with Gasteiger partial charge in [-0.1, -0.05) is 24.3 Å². The molecular formula is C23H29FN4O2. The van der Waals surface area contributed by atoms with Crippen molar-refractivity contribution in [1.29, 1.82) is 0 Å². The summed E-state index contributed by atoms with van der Waals surface area (Å²) in [6.45, 7) is 6.13. The van der Waals surface area contributed by atoms with E-state index in [1.807, 2.05) is 37.3 Å². The van der Waals surface area contributed by atoms with Crippen molar-refractivity contribution in [1.82, 2.24) is 10.6 Å². The Balaban J connectivity index is 1.59. The lowest BCUT2D eigenvalue weighted by atomic mass is 10.1. The van der Waals surface area contributed by atoms with Crippen LogP contribution in [0.1, 0.15) is 36.5 Å². The highest BCUT2D eigenvalue weighted by Gasteiger charge is 2.23. The fourth-order valence-electron chi connectivity index (χ4n) is 3.27. The lowest BCUT2D eigenvalue weighted by Gasteiger charge is -2.13. The maximum atomic E-state index is 13.4. The van der Waals surface area contributed by atoms with Crippen molar-refractivity contribution in [3.63, 3.8) is 0 Å². The molecule has 1 aliphatic rings. The Bertz CT molecular complexity index is 895. The summed E-state index contributed by atoms with van der Waals surface area (Å²) < 4.78 is 18.9. The smallest absolute Gasteiger partial charge is 0.253 e. The standard InChI is InChI=1S/C23H29FN4O2/c1-3-25-23(27-15-18-9-10-20(24)16(2)12-18)26-14-17-6-4-7-19(13-17)28-22(29)21-8-5-11-30-21/h4,6-7,9-10,12-13,21H,3,5,8,11,14-15H2,1-2H3,(H,28,29)(H2,25,26,27). The van der Waals surface area contributed by atoms with E-state index in [2.05, 4.69) is 20.9 Å². The number of nitrogens with zero attached hydrogens (tertiary/aromatic N) is 1. The molecule has 1 unspecified atom stereocenters. The van der Waals surface area contributed by atoms with E-state index in [1.54, 1.807) is 13.0 Å². The molecule has 2 aromatic carbocycles. The van der Waals surface area contributed by atoms with Crippen LogP contribution in [0.3, 0.4) is 0 Å². The maximum Gasteiger partial charge on any atom is 0.253 e. The number of aliphatic imine (C=N–C) groups is 1. The molecule has 1 fully saturated rings. The highest BCUT2D eigenvalue weighted by atomic mass is 19.1. The largest absolute Gasteiger partial charge is 0.368 e. The van der Waals surface area contributed by atoms with Crippen LogP contribution in [-0.4, -0.2) is 31.1 Å². The topological polar surface area (TPSA) is 74.8 Å². The van der Waals surface area contributed by atoms with Gasteiger partial charge in [-0.25, -0.2) is 9.38 Å². The van der Waals surface area contributed by atoms with Gasteiger partial charge in [0.15, 0.2) is 5.96 Å². The van der Waals surface area contributed by atoms with Gasteiger partial charge in [0.25, 0.3) is 5.91 Å². The van der Waals surface area contributed by atoms with Gasteiger partial charge in [-0.3, -0.25) is 4.79 Å². The van der Waals surface area contributed by atoms with E-state index in [1.165, 1.54) is 6.07 Å². The van der Waals surface area contributed by atoms with Crippen LogP contribution in [0.5, 0.6) is 0 Å². The highest BCUT2D eigenvalue weighted by molar-refractivity contribution is 5.94. The average Bonchev–Trinajstić information content (AvgIpc) is 3.28.